The van der Waals surface area contributed by atoms with Gasteiger partial charge in [-0.3, -0.25) is 4.79 Å². The molecule has 2 aromatic carbocycles. The van der Waals surface area contributed by atoms with E-state index < -0.39 is 12.2 Å². The summed E-state index contributed by atoms with van der Waals surface area (Å²) in [7, 11) is 0. The largest absolute Gasteiger partial charge is 0.491 e. The molecule has 0 bridgehead atoms. The minimum atomic E-state index is -0.609. The maximum absolute atomic E-state index is 13.1. The molecule has 0 amide bonds. The maximum Gasteiger partial charge on any atom is 0.200 e. The van der Waals surface area contributed by atoms with E-state index in [-0.39, 0.29) is 18.6 Å². The van der Waals surface area contributed by atoms with E-state index in [1.165, 1.54) is 6.26 Å². The third kappa shape index (κ3) is 8.04. The lowest BCUT2D eigenvalue weighted by Crippen LogP contribution is -2.35. The molecule has 0 aliphatic rings. The van der Waals surface area contributed by atoms with Gasteiger partial charge in [-0.25, -0.2) is 0 Å². The molecule has 0 radical (unpaired) electrons. The number of hydrogen-bond donors (Lipinski definition) is 2. The number of ether oxygens (including phenoxy) is 2. The summed E-state index contributed by atoms with van der Waals surface area (Å²) in [6.07, 6.45) is 0.266. The van der Waals surface area contributed by atoms with E-state index in [1.807, 2.05) is 0 Å². The van der Waals surface area contributed by atoms with Crippen molar-refractivity contribution in [1.29, 1.82) is 0 Å². The zero-order valence-corrected chi connectivity index (χ0v) is 22.4. The Kier molecular flexibility index (Phi) is 11.0. The second kappa shape index (κ2) is 14.1. The van der Waals surface area contributed by atoms with Crippen molar-refractivity contribution in [2.45, 2.75) is 39.9 Å². The number of fused-ring (bicyclic) bond motifs is 1. The maximum atomic E-state index is 13.1. The van der Waals surface area contributed by atoms with Gasteiger partial charge in [0.15, 0.2) is 5.43 Å². The first-order valence-corrected chi connectivity index (χ1v) is 13.1. The van der Waals surface area contributed by atoms with Crippen molar-refractivity contribution in [3.05, 3.63) is 59.0 Å². The van der Waals surface area contributed by atoms with E-state index in [0.29, 0.717) is 46.7 Å². The summed E-state index contributed by atoms with van der Waals surface area (Å²) >= 11 is 0. The van der Waals surface area contributed by atoms with Crippen LogP contribution in [0.25, 0.3) is 22.1 Å². The van der Waals surface area contributed by atoms with Gasteiger partial charge in [0, 0.05) is 19.2 Å². The molecule has 1 heterocycles. The molecule has 2 N–H and O–H groups in total. The van der Waals surface area contributed by atoms with Gasteiger partial charge in [0.1, 0.15) is 48.8 Å². The van der Waals surface area contributed by atoms with Crippen LogP contribution < -0.4 is 14.9 Å². The standard InChI is InChI=1S/C29H40N2O6/c1-5-30(6-2)16-22(32)18-35-24-11-9-21(10-12-24)27-20-37-28-15-25(13-14-26(28)29(27)34)36-19-23(33)17-31(7-3)8-4/h9-15,20,22-23,32-33H,5-8,16-19H2,1-4H3. The van der Waals surface area contributed by atoms with Crippen LogP contribution in [0.15, 0.2) is 57.9 Å². The average Bonchev–Trinajstić information content (AvgIpc) is 2.92. The highest BCUT2D eigenvalue weighted by Crippen LogP contribution is 2.25. The highest BCUT2D eigenvalue weighted by Gasteiger charge is 2.14. The van der Waals surface area contributed by atoms with Crippen molar-refractivity contribution in [2.75, 3.05) is 52.5 Å². The molecule has 1 aromatic heterocycles. The molecular formula is C29H40N2O6. The quantitative estimate of drug-likeness (QED) is 0.319. The number of aliphatic hydroxyl groups is 2. The lowest BCUT2D eigenvalue weighted by molar-refractivity contribution is 0.0716. The zero-order chi connectivity index (χ0) is 26.8. The van der Waals surface area contributed by atoms with Crippen LogP contribution in [-0.2, 0) is 0 Å². The Morgan fingerprint density at radius 3 is 1.84 bits per heavy atom. The Morgan fingerprint density at radius 1 is 0.784 bits per heavy atom. The van der Waals surface area contributed by atoms with Gasteiger partial charge < -0.3 is 33.9 Å². The van der Waals surface area contributed by atoms with E-state index in [9.17, 15) is 15.0 Å². The van der Waals surface area contributed by atoms with Crippen LogP contribution in [0.5, 0.6) is 11.5 Å². The normalized spacial score (nSPS) is 13.3. The SMILES string of the molecule is CCN(CC)CC(O)COc1ccc(-c2coc3cc(OCC(O)CN(CC)CC)ccc3c2=O)cc1. The van der Waals surface area contributed by atoms with Crippen molar-refractivity contribution in [3.63, 3.8) is 0 Å². The third-order valence-corrected chi connectivity index (χ3v) is 6.52. The molecule has 2 unspecified atom stereocenters. The number of likely N-dealkylation sites (N-methyl/N-ethyl adjacent to an activating group) is 2. The highest BCUT2D eigenvalue weighted by molar-refractivity contribution is 5.82. The fraction of sp³-hybridized carbons (Fsp3) is 0.483. The molecule has 0 aliphatic carbocycles. The van der Waals surface area contributed by atoms with Gasteiger partial charge in [0.2, 0.25) is 0 Å². The Balaban J connectivity index is 1.64. The van der Waals surface area contributed by atoms with E-state index in [1.54, 1.807) is 42.5 Å². The number of rotatable bonds is 15. The van der Waals surface area contributed by atoms with Crippen LogP contribution in [0, 0.1) is 0 Å². The summed E-state index contributed by atoms with van der Waals surface area (Å²) < 4.78 is 17.2. The fourth-order valence-electron chi connectivity index (χ4n) is 4.18. The van der Waals surface area contributed by atoms with Crippen LogP contribution in [0.3, 0.4) is 0 Å². The summed E-state index contributed by atoms with van der Waals surface area (Å²) in [5, 5.41) is 20.9. The molecule has 37 heavy (non-hydrogen) atoms. The smallest absolute Gasteiger partial charge is 0.200 e. The van der Waals surface area contributed by atoms with Gasteiger partial charge in [-0.05, 0) is 56.0 Å². The van der Waals surface area contributed by atoms with Crippen molar-refractivity contribution >= 4 is 11.0 Å². The van der Waals surface area contributed by atoms with Gasteiger partial charge in [-0.2, -0.15) is 0 Å². The monoisotopic (exact) mass is 512 g/mol. The van der Waals surface area contributed by atoms with E-state index in [4.69, 9.17) is 13.9 Å². The van der Waals surface area contributed by atoms with Gasteiger partial charge >= 0.3 is 0 Å². The Labute approximate surface area is 219 Å². The molecule has 0 spiro atoms. The Morgan fingerprint density at radius 2 is 1.30 bits per heavy atom. The van der Waals surface area contributed by atoms with E-state index in [0.717, 1.165) is 26.2 Å². The molecule has 8 nitrogen and oxygen atoms in total. The third-order valence-electron chi connectivity index (χ3n) is 6.52. The van der Waals surface area contributed by atoms with Crippen molar-refractivity contribution < 1.29 is 24.1 Å². The van der Waals surface area contributed by atoms with Crippen molar-refractivity contribution in [2.24, 2.45) is 0 Å². The second-order valence-electron chi connectivity index (χ2n) is 9.06. The van der Waals surface area contributed by atoms with Gasteiger partial charge in [-0.1, -0.05) is 39.8 Å². The molecule has 0 fully saturated rings. The number of hydrogen-bond acceptors (Lipinski definition) is 8. The predicted molar refractivity (Wildman–Crippen MR) is 146 cm³/mol. The number of aliphatic hydroxyl groups excluding tert-OH is 2. The van der Waals surface area contributed by atoms with Gasteiger partial charge in [0.25, 0.3) is 0 Å². The minimum absolute atomic E-state index is 0.141. The van der Waals surface area contributed by atoms with Crippen molar-refractivity contribution in [3.8, 4) is 22.6 Å². The lowest BCUT2D eigenvalue weighted by atomic mass is 10.1. The molecule has 8 heteroatoms. The van der Waals surface area contributed by atoms with Crippen LogP contribution in [0.2, 0.25) is 0 Å². The van der Waals surface area contributed by atoms with Gasteiger partial charge in [0.05, 0.1) is 10.9 Å². The topological polar surface area (TPSA) is 95.6 Å². The molecule has 0 aliphatic heterocycles. The predicted octanol–water partition coefficient (Wildman–Crippen LogP) is 3.62. The Hall–Kier alpha value is -2.91. The first-order chi connectivity index (χ1) is 17.9. The first-order valence-electron chi connectivity index (χ1n) is 13.1. The molecule has 2 atom stereocenters. The van der Waals surface area contributed by atoms with Gasteiger partial charge in [-0.15, -0.1) is 0 Å². The van der Waals surface area contributed by atoms with E-state index >= 15 is 0 Å². The molecule has 3 aromatic rings. The lowest BCUT2D eigenvalue weighted by Gasteiger charge is -2.22. The second-order valence-corrected chi connectivity index (χ2v) is 9.06. The summed E-state index contributed by atoms with van der Waals surface area (Å²) in [4.78, 5) is 17.4. The summed E-state index contributed by atoms with van der Waals surface area (Å²) in [6, 6.07) is 12.2. The fourth-order valence-corrected chi connectivity index (χ4v) is 4.18. The molecule has 0 saturated heterocycles. The minimum Gasteiger partial charge on any atom is -0.491 e. The molecule has 3 rings (SSSR count). The van der Waals surface area contributed by atoms with Crippen LogP contribution in [0.1, 0.15) is 27.7 Å². The van der Waals surface area contributed by atoms with Crippen molar-refractivity contribution in [1.82, 2.24) is 9.80 Å². The Bertz CT molecular complexity index is 1160. The van der Waals surface area contributed by atoms with Crippen LogP contribution in [0.4, 0.5) is 0 Å². The number of benzene rings is 2. The van der Waals surface area contributed by atoms with Crippen LogP contribution >= 0.6 is 0 Å². The molecule has 202 valence electrons. The number of nitrogens with zero attached hydrogens (tertiary/aromatic N) is 2. The summed E-state index contributed by atoms with van der Waals surface area (Å²) in [5.41, 5.74) is 1.44. The summed E-state index contributed by atoms with van der Waals surface area (Å²) in [5.74, 6) is 1.16. The van der Waals surface area contributed by atoms with E-state index in [2.05, 4.69) is 37.5 Å². The van der Waals surface area contributed by atoms with Crippen LogP contribution in [-0.4, -0.2) is 84.7 Å². The summed E-state index contributed by atoms with van der Waals surface area (Å²) in [6.45, 7) is 13.2. The molecular weight excluding hydrogens is 472 g/mol. The first kappa shape index (κ1) is 28.7. The molecule has 0 saturated carbocycles. The average molecular weight is 513 g/mol. The zero-order valence-electron chi connectivity index (χ0n) is 22.4. The highest BCUT2D eigenvalue weighted by atomic mass is 16.5.